The van der Waals surface area contributed by atoms with Crippen LogP contribution in [-0.2, 0) is 14.8 Å². The van der Waals surface area contributed by atoms with E-state index in [2.05, 4.69) is 5.32 Å². The first kappa shape index (κ1) is 15.5. The van der Waals surface area contributed by atoms with Crippen molar-refractivity contribution in [2.75, 3.05) is 23.7 Å². The zero-order chi connectivity index (χ0) is 14.6. The Bertz CT molecular complexity index is 547. The first-order chi connectivity index (χ1) is 8.77. The minimum atomic E-state index is -3.50. The molecule has 0 aliphatic heterocycles. The summed E-state index contributed by atoms with van der Waals surface area (Å²) in [6.45, 7) is 5.74. The molecule has 0 fully saturated rings. The minimum absolute atomic E-state index is 0.196. The third kappa shape index (κ3) is 3.96. The summed E-state index contributed by atoms with van der Waals surface area (Å²) in [6, 6.07) is 5.53. The number of sulfonamides is 1. The van der Waals surface area contributed by atoms with Crippen LogP contribution in [0.5, 0.6) is 0 Å². The number of nitrogens with zero attached hydrogens (tertiary/aromatic N) is 1. The summed E-state index contributed by atoms with van der Waals surface area (Å²) in [5.74, 6) is -0.310. The number of rotatable bonds is 5. The largest absolute Gasteiger partial charge is 0.355 e. The highest BCUT2D eigenvalue weighted by atomic mass is 32.2. The van der Waals surface area contributed by atoms with E-state index >= 15 is 0 Å². The number of amides is 1. The van der Waals surface area contributed by atoms with Crippen molar-refractivity contribution in [3.05, 3.63) is 29.3 Å². The molecule has 0 spiro atoms. The summed E-state index contributed by atoms with van der Waals surface area (Å²) in [5, 5.41) is 2.61. The zero-order valence-corrected chi connectivity index (χ0v) is 12.5. The summed E-state index contributed by atoms with van der Waals surface area (Å²) in [7, 11) is -3.50. The van der Waals surface area contributed by atoms with Gasteiger partial charge in [0, 0.05) is 6.54 Å². The van der Waals surface area contributed by atoms with Crippen LogP contribution in [0.25, 0.3) is 0 Å². The lowest BCUT2D eigenvalue weighted by Gasteiger charge is -2.25. The van der Waals surface area contributed by atoms with Crippen LogP contribution >= 0.6 is 0 Å². The van der Waals surface area contributed by atoms with Crippen LogP contribution in [0.4, 0.5) is 5.69 Å². The van der Waals surface area contributed by atoms with E-state index in [-0.39, 0.29) is 12.5 Å². The second-order valence-electron chi connectivity index (χ2n) is 4.46. The van der Waals surface area contributed by atoms with E-state index in [1.165, 1.54) is 0 Å². The number of anilines is 1. The molecule has 0 saturated heterocycles. The van der Waals surface area contributed by atoms with Gasteiger partial charge in [0.25, 0.3) is 0 Å². The molecule has 0 radical (unpaired) electrons. The fraction of sp³-hybridized carbons (Fsp3) is 0.462. The van der Waals surface area contributed by atoms with Gasteiger partial charge < -0.3 is 5.32 Å². The molecule has 0 saturated carbocycles. The normalized spacial score (nSPS) is 11.2. The third-order valence-corrected chi connectivity index (χ3v) is 3.86. The van der Waals surface area contributed by atoms with Gasteiger partial charge in [-0.2, -0.15) is 0 Å². The van der Waals surface area contributed by atoms with Gasteiger partial charge in [-0.15, -0.1) is 0 Å². The fourth-order valence-electron chi connectivity index (χ4n) is 1.94. The number of nitrogens with one attached hydrogen (secondary N) is 1. The Morgan fingerprint density at radius 1 is 1.26 bits per heavy atom. The van der Waals surface area contributed by atoms with Crippen LogP contribution < -0.4 is 9.62 Å². The Hall–Kier alpha value is -1.56. The van der Waals surface area contributed by atoms with Crippen LogP contribution in [0.15, 0.2) is 18.2 Å². The SMILES string of the molecule is CCNC(=O)CN(c1c(C)cccc1C)S(C)(=O)=O. The van der Waals surface area contributed by atoms with E-state index in [9.17, 15) is 13.2 Å². The minimum Gasteiger partial charge on any atom is -0.355 e. The number of benzene rings is 1. The highest BCUT2D eigenvalue weighted by Crippen LogP contribution is 2.26. The standard InChI is InChI=1S/C13H20N2O3S/c1-5-14-12(16)9-15(19(4,17)18)13-10(2)7-6-8-11(13)3/h6-8H,5,9H2,1-4H3,(H,14,16). The second-order valence-corrected chi connectivity index (χ2v) is 6.37. The van der Waals surface area contributed by atoms with Crippen molar-refractivity contribution in [3.63, 3.8) is 0 Å². The molecule has 1 aromatic carbocycles. The van der Waals surface area contributed by atoms with Crippen molar-refractivity contribution in [3.8, 4) is 0 Å². The number of hydrogen-bond acceptors (Lipinski definition) is 3. The fourth-order valence-corrected chi connectivity index (χ4v) is 2.92. The maximum Gasteiger partial charge on any atom is 0.240 e. The van der Waals surface area contributed by atoms with E-state index < -0.39 is 10.0 Å². The van der Waals surface area contributed by atoms with E-state index in [4.69, 9.17) is 0 Å². The van der Waals surface area contributed by atoms with Crippen molar-refractivity contribution in [1.29, 1.82) is 0 Å². The van der Waals surface area contributed by atoms with E-state index in [1.54, 1.807) is 6.92 Å². The van der Waals surface area contributed by atoms with Gasteiger partial charge in [0.15, 0.2) is 0 Å². The van der Waals surface area contributed by atoms with Crippen molar-refractivity contribution in [2.24, 2.45) is 0 Å². The molecule has 0 aliphatic carbocycles. The van der Waals surface area contributed by atoms with Gasteiger partial charge in [-0.1, -0.05) is 18.2 Å². The van der Waals surface area contributed by atoms with E-state index in [0.29, 0.717) is 12.2 Å². The first-order valence-electron chi connectivity index (χ1n) is 6.08. The maximum absolute atomic E-state index is 11.9. The first-order valence-corrected chi connectivity index (χ1v) is 7.92. The van der Waals surface area contributed by atoms with Crippen LogP contribution in [0, 0.1) is 13.8 Å². The Balaban J connectivity index is 3.23. The van der Waals surface area contributed by atoms with Gasteiger partial charge in [-0.25, -0.2) is 8.42 Å². The summed E-state index contributed by atoms with van der Waals surface area (Å²) < 4.78 is 25.0. The van der Waals surface area contributed by atoms with Crippen molar-refractivity contribution < 1.29 is 13.2 Å². The molecule has 19 heavy (non-hydrogen) atoms. The molecule has 5 nitrogen and oxygen atoms in total. The average molecular weight is 284 g/mol. The number of para-hydroxylation sites is 1. The lowest BCUT2D eigenvalue weighted by molar-refractivity contribution is -0.119. The summed E-state index contributed by atoms with van der Waals surface area (Å²) in [4.78, 5) is 11.7. The molecule has 106 valence electrons. The molecule has 1 rings (SSSR count). The average Bonchev–Trinajstić information content (AvgIpc) is 2.26. The van der Waals surface area contributed by atoms with Gasteiger partial charge >= 0.3 is 0 Å². The van der Waals surface area contributed by atoms with Crippen LogP contribution in [-0.4, -0.2) is 33.7 Å². The zero-order valence-electron chi connectivity index (χ0n) is 11.7. The lowest BCUT2D eigenvalue weighted by Crippen LogP contribution is -2.41. The van der Waals surface area contributed by atoms with Crippen molar-refractivity contribution in [1.82, 2.24) is 5.32 Å². The molecule has 6 heteroatoms. The molecule has 1 N–H and O–H groups in total. The quantitative estimate of drug-likeness (QED) is 0.883. The summed E-state index contributed by atoms with van der Waals surface area (Å²) >= 11 is 0. The molecule has 1 aromatic rings. The van der Waals surface area contributed by atoms with E-state index in [1.807, 2.05) is 32.0 Å². The Morgan fingerprint density at radius 2 is 1.79 bits per heavy atom. The number of likely N-dealkylation sites (N-methyl/N-ethyl adjacent to an activating group) is 1. The molecular formula is C13H20N2O3S. The highest BCUT2D eigenvalue weighted by Gasteiger charge is 2.23. The van der Waals surface area contributed by atoms with Gasteiger partial charge in [0.1, 0.15) is 6.54 Å². The molecule has 0 aliphatic rings. The van der Waals surface area contributed by atoms with E-state index in [0.717, 1.165) is 21.7 Å². The van der Waals surface area contributed by atoms with Crippen LogP contribution in [0.2, 0.25) is 0 Å². The van der Waals surface area contributed by atoms with Crippen LogP contribution in [0.3, 0.4) is 0 Å². The van der Waals surface area contributed by atoms with Gasteiger partial charge in [-0.3, -0.25) is 9.10 Å². The predicted octanol–water partition coefficient (Wildman–Crippen LogP) is 1.21. The van der Waals surface area contributed by atoms with Crippen molar-refractivity contribution in [2.45, 2.75) is 20.8 Å². The highest BCUT2D eigenvalue weighted by molar-refractivity contribution is 7.92. The Kier molecular flexibility index (Phi) is 4.94. The molecule has 0 heterocycles. The molecule has 1 amide bonds. The maximum atomic E-state index is 11.9. The topological polar surface area (TPSA) is 66.5 Å². The summed E-state index contributed by atoms with van der Waals surface area (Å²) in [6.07, 6.45) is 1.11. The van der Waals surface area contributed by atoms with Gasteiger partial charge in [-0.05, 0) is 31.9 Å². The molecular weight excluding hydrogens is 264 g/mol. The second kappa shape index (κ2) is 6.06. The smallest absolute Gasteiger partial charge is 0.240 e. The molecule has 0 atom stereocenters. The number of carbonyl (C=O) groups excluding carboxylic acids is 1. The van der Waals surface area contributed by atoms with Gasteiger partial charge in [0.05, 0.1) is 11.9 Å². The number of aryl methyl sites for hydroxylation is 2. The molecule has 0 aromatic heterocycles. The molecule has 0 bridgehead atoms. The number of hydrogen-bond donors (Lipinski definition) is 1. The van der Waals surface area contributed by atoms with Crippen LogP contribution in [0.1, 0.15) is 18.1 Å². The third-order valence-electron chi connectivity index (χ3n) is 2.75. The summed E-state index contributed by atoms with van der Waals surface area (Å²) in [5.41, 5.74) is 2.24. The monoisotopic (exact) mass is 284 g/mol. The Morgan fingerprint density at radius 3 is 2.21 bits per heavy atom. The lowest BCUT2D eigenvalue weighted by atomic mass is 10.1. The Labute approximate surface area is 114 Å². The van der Waals surface area contributed by atoms with Crippen molar-refractivity contribution >= 4 is 21.6 Å². The van der Waals surface area contributed by atoms with Gasteiger partial charge in [0.2, 0.25) is 15.9 Å². The molecule has 0 unspecified atom stereocenters. The number of carbonyl (C=O) groups is 1. The predicted molar refractivity (Wildman–Crippen MR) is 76.8 cm³/mol.